The maximum absolute atomic E-state index is 14.6. The first-order valence-corrected chi connectivity index (χ1v) is 10.2. The number of halogens is 1. The van der Waals surface area contributed by atoms with Gasteiger partial charge >= 0.3 is 0 Å². The smallest absolute Gasteiger partial charge is 0.256 e. The molecule has 6 nitrogen and oxygen atoms in total. The molecule has 0 spiro atoms. The van der Waals surface area contributed by atoms with E-state index in [4.69, 9.17) is 14.2 Å². The van der Waals surface area contributed by atoms with Crippen molar-refractivity contribution in [3.05, 3.63) is 52.7 Å². The van der Waals surface area contributed by atoms with Crippen LogP contribution in [0.15, 0.2) is 41.4 Å². The van der Waals surface area contributed by atoms with Crippen molar-refractivity contribution in [3.8, 4) is 5.75 Å². The molecule has 1 aromatic rings. The van der Waals surface area contributed by atoms with Gasteiger partial charge in [-0.15, -0.1) is 0 Å². The molecule has 2 heterocycles. The van der Waals surface area contributed by atoms with Crippen molar-refractivity contribution < 1.29 is 28.2 Å². The molecule has 4 rings (SSSR count). The Bertz CT molecular complexity index is 949. The average Bonchev–Trinajstić information content (AvgIpc) is 2.96. The number of ether oxygens (including phenoxy) is 3. The topological polar surface area (TPSA) is 65.1 Å². The van der Waals surface area contributed by atoms with Gasteiger partial charge in [-0.2, -0.15) is 0 Å². The number of Topliss-reactive ketones (excluding diaryl/α,β-unsaturated/α-hetero) is 1. The number of hydrogen-bond acceptors (Lipinski definition) is 5. The van der Waals surface area contributed by atoms with E-state index in [1.54, 1.807) is 18.1 Å². The zero-order valence-corrected chi connectivity index (χ0v) is 17.5. The third-order valence-corrected chi connectivity index (χ3v) is 5.83. The van der Waals surface area contributed by atoms with Gasteiger partial charge in [-0.05, 0) is 38.5 Å². The molecule has 2 fully saturated rings. The highest BCUT2D eigenvalue weighted by atomic mass is 19.1. The number of fused-ring (bicyclic) bond motifs is 1. The number of rotatable bonds is 6. The molecular weight excluding hydrogens is 389 g/mol. The number of allylic oxidation sites excluding steroid dienone is 3. The summed E-state index contributed by atoms with van der Waals surface area (Å²) in [6, 6.07) is 4.28. The summed E-state index contributed by atoms with van der Waals surface area (Å²) in [4.78, 5) is 26.0. The van der Waals surface area contributed by atoms with Crippen LogP contribution in [0.4, 0.5) is 4.39 Å². The molecule has 1 amide bonds. The second-order valence-electron chi connectivity index (χ2n) is 8.41. The van der Waals surface area contributed by atoms with Gasteiger partial charge < -0.3 is 19.1 Å². The van der Waals surface area contributed by atoms with E-state index >= 15 is 0 Å². The number of hydrogen-bond donors (Lipinski definition) is 0. The lowest BCUT2D eigenvalue weighted by atomic mass is 9.88. The van der Waals surface area contributed by atoms with E-state index < -0.39 is 11.4 Å². The Hall–Kier alpha value is -2.67. The second-order valence-corrected chi connectivity index (χ2v) is 8.41. The predicted molar refractivity (Wildman–Crippen MR) is 107 cm³/mol. The van der Waals surface area contributed by atoms with Crippen molar-refractivity contribution in [3.63, 3.8) is 0 Å². The first-order chi connectivity index (χ1) is 14.3. The van der Waals surface area contributed by atoms with Gasteiger partial charge in [0.15, 0.2) is 0 Å². The van der Waals surface area contributed by atoms with Crippen LogP contribution < -0.4 is 4.74 Å². The molecule has 1 aliphatic carbocycles. The molecule has 0 aromatic heterocycles. The summed E-state index contributed by atoms with van der Waals surface area (Å²) in [5.41, 5.74) is 0.366. The van der Waals surface area contributed by atoms with E-state index in [9.17, 15) is 14.0 Å². The van der Waals surface area contributed by atoms with E-state index in [1.807, 2.05) is 13.0 Å². The number of methoxy groups -OCH3 is 1. The van der Waals surface area contributed by atoms with Crippen molar-refractivity contribution in [1.29, 1.82) is 0 Å². The zero-order chi connectivity index (χ0) is 21.5. The van der Waals surface area contributed by atoms with Gasteiger partial charge in [-0.3, -0.25) is 9.59 Å². The van der Waals surface area contributed by atoms with Crippen LogP contribution in [0.2, 0.25) is 0 Å². The maximum atomic E-state index is 14.6. The molecule has 0 bridgehead atoms. The van der Waals surface area contributed by atoms with Crippen LogP contribution in [0.1, 0.15) is 43.5 Å². The summed E-state index contributed by atoms with van der Waals surface area (Å²) in [5.74, 6) is 0.242. The molecule has 30 heavy (non-hydrogen) atoms. The number of carbonyl (C=O) groups excluding carboxylic acids is 2. The zero-order valence-electron chi connectivity index (χ0n) is 17.5. The van der Waals surface area contributed by atoms with E-state index in [0.717, 1.165) is 12.0 Å². The Kier molecular flexibility index (Phi) is 5.40. The SMILES string of the molecule is COCC1(C)CC2=C(Oc3ccc(C(=O)N4CCC4)c(F)c3)CC(C(C)=O)C=C2O1. The Morgan fingerprint density at radius 3 is 2.70 bits per heavy atom. The van der Waals surface area contributed by atoms with Crippen LogP contribution in [0.5, 0.6) is 5.75 Å². The highest BCUT2D eigenvalue weighted by molar-refractivity contribution is 5.95. The molecular formula is C23H26FNO5. The van der Waals surface area contributed by atoms with Crippen LogP contribution in [0.25, 0.3) is 0 Å². The maximum Gasteiger partial charge on any atom is 0.256 e. The standard InChI is InChI=1S/C23H26FNO5/c1-14(26)15-9-20(18-12-23(2,13-28-3)30-21(18)10-15)29-16-5-6-17(19(24)11-16)22(27)25-7-4-8-25/h5-6,10-11,15H,4,7-9,12-13H2,1-3H3. The molecule has 0 radical (unpaired) electrons. The number of likely N-dealkylation sites (tertiary alicyclic amines) is 1. The van der Waals surface area contributed by atoms with Gasteiger partial charge in [0.2, 0.25) is 0 Å². The largest absolute Gasteiger partial charge is 0.485 e. The summed E-state index contributed by atoms with van der Waals surface area (Å²) < 4.78 is 32.0. The van der Waals surface area contributed by atoms with Gasteiger partial charge in [0, 0.05) is 50.6 Å². The normalized spacial score (nSPS) is 25.3. The van der Waals surface area contributed by atoms with Crippen molar-refractivity contribution in [2.45, 2.75) is 38.7 Å². The van der Waals surface area contributed by atoms with Gasteiger partial charge in [-0.25, -0.2) is 4.39 Å². The third kappa shape index (κ3) is 3.86. The Balaban J connectivity index is 1.60. The molecule has 1 aromatic carbocycles. The summed E-state index contributed by atoms with van der Waals surface area (Å²) in [6.45, 7) is 5.19. The third-order valence-electron chi connectivity index (χ3n) is 5.83. The second kappa shape index (κ2) is 7.87. The van der Waals surface area contributed by atoms with Crippen molar-refractivity contribution in [2.24, 2.45) is 5.92 Å². The van der Waals surface area contributed by atoms with Gasteiger partial charge in [0.05, 0.1) is 12.2 Å². The van der Waals surface area contributed by atoms with Gasteiger partial charge in [0.25, 0.3) is 5.91 Å². The molecule has 0 N–H and O–H groups in total. The van der Waals surface area contributed by atoms with Crippen LogP contribution in [0.3, 0.4) is 0 Å². The molecule has 2 unspecified atom stereocenters. The quantitative estimate of drug-likeness (QED) is 0.710. The summed E-state index contributed by atoms with van der Waals surface area (Å²) in [5, 5.41) is 0. The molecule has 2 atom stereocenters. The first-order valence-electron chi connectivity index (χ1n) is 10.2. The molecule has 7 heteroatoms. The van der Waals surface area contributed by atoms with Crippen molar-refractivity contribution in [1.82, 2.24) is 4.90 Å². The molecule has 2 saturated heterocycles. The van der Waals surface area contributed by atoms with Crippen LogP contribution in [-0.4, -0.2) is 49.0 Å². The highest BCUT2D eigenvalue weighted by Gasteiger charge is 2.42. The van der Waals surface area contributed by atoms with E-state index in [1.165, 1.54) is 19.1 Å². The highest BCUT2D eigenvalue weighted by Crippen LogP contribution is 2.44. The number of amides is 1. The Labute approximate surface area is 175 Å². The minimum atomic E-state index is -0.614. The number of benzene rings is 1. The monoisotopic (exact) mass is 415 g/mol. The first kappa shape index (κ1) is 20.6. The van der Waals surface area contributed by atoms with Gasteiger partial charge in [0.1, 0.15) is 34.5 Å². The van der Waals surface area contributed by atoms with E-state index in [0.29, 0.717) is 49.8 Å². The predicted octanol–water partition coefficient (Wildman–Crippen LogP) is 3.62. The fraction of sp³-hybridized carbons (Fsp3) is 0.478. The Morgan fingerprint density at radius 2 is 2.10 bits per heavy atom. The Morgan fingerprint density at radius 1 is 1.33 bits per heavy atom. The van der Waals surface area contributed by atoms with E-state index in [2.05, 4.69) is 0 Å². The summed E-state index contributed by atoms with van der Waals surface area (Å²) in [7, 11) is 1.61. The summed E-state index contributed by atoms with van der Waals surface area (Å²) >= 11 is 0. The van der Waals surface area contributed by atoms with E-state index in [-0.39, 0.29) is 23.2 Å². The average molecular weight is 415 g/mol. The fourth-order valence-electron chi connectivity index (χ4n) is 4.07. The van der Waals surface area contributed by atoms with Crippen LogP contribution >= 0.6 is 0 Å². The summed E-state index contributed by atoms with van der Waals surface area (Å²) in [6.07, 6.45) is 3.74. The minimum Gasteiger partial charge on any atom is -0.485 e. The fourth-order valence-corrected chi connectivity index (χ4v) is 4.07. The van der Waals surface area contributed by atoms with Crippen LogP contribution in [-0.2, 0) is 14.3 Å². The lowest BCUT2D eigenvalue weighted by Gasteiger charge is -2.31. The molecule has 2 aliphatic heterocycles. The lowest BCUT2D eigenvalue weighted by molar-refractivity contribution is -0.119. The minimum absolute atomic E-state index is 0.00766. The molecule has 0 saturated carbocycles. The number of carbonyl (C=O) groups is 2. The van der Waals surface area contributed by atoms with Crippen LogP contribution in [0, 0.1) is 11.7 Å². The van der Waals surface area contributed by atoms with Crippen molar-refractivity contribution in [2.75, 3.05) is 26.8 Å². The number of ketones is 1. The van der Waals surface area contributed by atoms with Gasteiger partial charge in [-0.1, -0.05) is 0 Å². The lowest BCUT2D eigenvalue weighted by Crippen LogP contribution is -2.42. The molecule has 160 valence electrons. The van der Waals surface area contributed by atoms with Crippen molar-refractivity contribution >= 4 is 11.7 Å². The molecule has 3 aliphatic rings. The number of nitrogens with zero attached hydrogens (tertiary/aromatic N) is 1.